The molecule has 0 saturated heterocycles. The Hall–Kier alpha value is -2.28. The standard InChI is InChI=1S/C16H18N4O2S/c1-11-3-2-4-13(9-11)18-19-16-17-15(10-23-16)12-5-7-14(8-6-12)20(21)22/h5-8,10-11H,2-4,9H2,1H3,(H,17,19)/b18-13-. The molecule has 1 heterocycles. The summed E-state index contributed by atoms with van der Waals surface area (Å²) in [6.07, 6.45) is 4.58. The lowest BCUT2D eigenvalue weighted by molar-refractivity contribution is -0.384. The SMILES string of the molecule is CC1CCC/C(=N/Nc2nc(-c3ccc([N+](=O)[O-])cc3)cs2)C1. The van der Waals surface area contributed by atoms with Gasteiger partial charge in [0, 0.05) is 28.8 Å². The lowest BCUT2D eigenvalue weighted by Crippen LogP contribution is -2.13. The Bertz CT molecular complexity index is 724. The van der Waals surface area contributed by atoms with Crippen LogP contribution < -0.4 is 5.43 Å². The number of non-ortho nitro benzene ring substituents is 1. The van der Waals surface area contributed by atoms with E-state index in [2.05, 4.69) is 22.4 Å². The summed E-state index contributed by atoms with van der Waals surface area (Å²) in [5.41, 5.74) is 5.99. The van der Waals surface area contributed by atoms with E-state index in [4.69, 9.17) is 0 Å². The Labute approximate surface area is 138 Å². The molecule has 0 aliphatic heterocycles. The van der Waals surface area contributed by atoms with Crippen LogP contribution in [0.3, 0.4) is 0 Å². The van der Waals surface area contributed by atoms with Gasteiger partial charge in [-0.2, -0.15) is 5.10 Å². The van der Waals surface area contributed by atoms with Gasteiger partial charge >= 0.3 is 0 Å². The highest BCUT2D eigenvalue weighted by Gasteiger charge is 2.14. The molecule has 1 N–H and O–H groups in total. The Kier molecular flexibility index (Phi) is 4.66. The van der Waals surface area contributed by atoms with E-state index >= 15 is 0 Å². The van der Waals surface area contributed by atoms with Crippen LogP contribution in [0, 0.1) is 16.0 Å². The van der Waals surface area contributed by atoms with Crippen molar-refractivity contribution in [1.82, 2.24) is 4.98 Å². The Morgan fingerprint density at radius 2 is 2.17 bits per heavy atom. The van der Waals surface area contributed by atoms with Gasteiger partial charge in [-0.05, 0) is 43.7 Å². The Morgan fingerprint density at radius 3 is 2.87 bits per heavy atom. The van der Waals surface area contributed by atoms with Crippen molar-refractivity contribution in [2.75, 3.05) is 5.43 Å². The molecule has 1 aliphatic rings. The molecular weight excluding hydrogens is 312 g/mol. The molecule has 120 valence electrons. The fraction of sp³-hybridized carbons (Fsp3) is 0.375. The molecule has 23 heavy (non-hydrogen) atoms. The third-order valence-corrected chi connectivity index (χ3v) is 4.68. The lowest BCUT2D eigenvalue weighted by Gasteiger charge is -2.18. The average Bonchev–Trinajstić information content (AvgIpc) is 3.02. The fourth-order valence-electron chi connectivity index (χ4n) is 2.70. The molecule has 7 heteroatoms. The normalized spacial score (nSPS) is 19.7. The summed E-state index contributed by atoms with van der Waals surface area (Å²) in [4.78, 5) is 14.8. The number of nitro benzene ring substituents is 1. The first-order chi connectivity index (χ1) is 11.1. The number of anilines is 1. The second-order valence-electron chi connectivity index (χ2n) is 5.83. The first-order valence-corrected chi connectivity index (χ1v) is 8.51. The fourth-order valence-corrected chi connectivity index (χ4v) is 3.36. The van der Waals surface area contributed by atoms with Crippen molar-refractivity contribution in [2.45, 2.75) is 32.6 Å². The molecule has 0 radical (unpaired) electrons. The zero-order chi connectivity index (χ0) is 16.2. The molecule has 2 aromatic rings. The van der Waals surface area contributed by atoms with E-state index in [0.29, 0.717) is 5.92 Å². The number of nitrogens with one attached hydrogen (secondary N) is 1. The van der Waals surface area contributed by atoms with Crippen LogP contribution in [-0.4, -0.2) is 15.6 Å². The minimum absolute atomic E-state index is 0.0835. The second kappa shape index (κ2) is 6.87. The van der Waals surface area contributed by atoms with Crippen LogP contribution in [0.1, 0.15) is 32.6 Å². The van der Waals surface area contributed by atoms with E-state index in [1.54, 1.807) is 12.1 Å². The van der Waals surface area contributed by atoms with E-state index < -0.39 is 4.92 Å². The van der Waals surface area contributed by atoms with Crippen LogP contribution >= 0.6 is 11.3 Å². The van der Waals surface area contributed by atoms with Gasteiger partial charge in [-0.1, -0.05) is 6.92 Å². The third-order valence-electron chi connectivity index (χ3n) is 3.93. The van der Waals surface area contributed by atoms with Crippen LogP contribution in [0.25, 0.3) is 11.3 Å². The van der Waals surface area contributed by atoms with E-state index in [-0.39, 0.29) is 5.69 Å². The summed E-state index contributed by atoms with van der Waals surface area (Å²) in [5.74, 6) is 0.705. The summed E-state index contributed by atoms with van der Waals surface area (Å²) in [5, 5.41) is 17.8. The second-order valence-corrected chi connectivity index (χ2v) is 6.69. The summed E-state index contributed by atoms with van der Waals surface area (Å²) < 4.78 is 0. The molecule has 0 spiro atoms. The number of hydrogen-bond acceptors (Lipinski definition) is 6. The first-order valence-electron chi connectivity index (χ1n) is 7.63. The maximum Gasteiger partial charge on any atom is 0.269 e. The van der Waals surface area contributed by atoms with E-state index in [0.717, 1.165) is 29.2 Å². The highest BCUT2D eigenvalue weighted by molar-refractivity contribution is 7.14. The maximum atomic E-state index is 10.7. The Morgan fingerprint density at radius 1 is 1.39 bits per heavy atom. The Balaban J connectivity index is 1.68. The monoisotopic (exact) mass is 330 g/mol. The predicted octanol–water partition coefficient (Wildman–Crippen LogP) is 4.70. The molecule has 1 aromatic heterocycles. The predicted molar refractivity (Wildman–Crippen MR) is 92.9 cm³/mol. The molecule has 1 aromatic carbocycles. The highest BCUT2D eigenvalue weighted by Crippen LogP contribution is 2.27. The van der Waals surface area contributed by atoms with Crippen LogP contribution in [-0.2, 0) is 0 Å². The molecule has 1 saturated carbocycles. The van der Waals surface area contributed by atoms with Crippen molar-refractivity contribution in [3.05, 3.63) is 39.8 Å². The third kappa shape index (κ3) is 3.92. The summed E-state index contributed by atoms with van der Waals surface area (Å²) in [6.45, 7) is 2.25. The van der Waals surface area contributed by atoms with E-state index in [1.807, 2.05) is 5.38 Å². The van der Waals surface area contributed by atoms with Gasteiger partial charge in [-0.15, -0.1) is 11.3 Å². The number of hydrogen-bond donors (Lipinski definition) is 1. The zero-order valence-corrected chi connectivity index (χ0v) is 13.7. The van der Waals surface area contributed by atoms with Gasteiger partial charge in [0.1, 0.15) is 0 Å². The van der Waals surface area contributed by atoms with Crippen LogP contribution in [0.5, 0.6) is 0 Å². The van der Waals surface area contributed by atoms with Crippen LogP contribution in [0.4, 0.5) is 10.8 Å². The lowest BCUT2D eigenvalue weighted by atomic mass is 9.89. The molecule has 1 atom stereocenters. The van der Waals surface area contributed by atoms with Gasteiger partial charge in [0.2, 0.25) is 5.13 Å². The van der Waals surface area contributed by atoms with E-state index in [9.17, 15) is 10.1 Å². The molecule has 1 unspecified atom stereocenters. The molecule has 1 aliphatic carbocycles. The first kappa shape index (κ1) is 15.6. The minimum atomic E-state index is -0.404. The minimum Gasteiger partial charge on any atom is -0.258 e. The highest BCUT2D eigenvalue weighted by atomic mass is 32.1. The summed E-state index contributed by atoms with van der Waals surface area (Å²) in [6, 6.07) is 6.41. The quantitative estimate of drug-likeness (QED) is 0.651. The number of nitro groups is 1. The van der Waals surface area contributed by atoms with Gasteiger partial charge < -0.3 is 0 Å². The van der Waals surface area contributed by atoms with Crippen molar-refractivity contribution in [1.29, 1.82) is 0 Å². The molecular formula is C16H18N4O2S. The zero-order valence-electron chi connectivity index (χ0n) is 12.9. The molecule has 3 rings (SSSR count). The number of benzene rings is 1. The molecule has 6 nitrogen and oxygen atoms in total. The van der Waals surface area contributed by atoms with Crippen molar-refractivity contribution >= 4 is 27.9 Å². The summed E-state index contributed by atoms with van der Waals surface area (Å²) >= 11 is 1.48. The van der Waals surface area contributed by atoms with E-state index in [1.165, 1.54) is 42.0 Å². The van der Waals surface area contributed by atoms with Gasteiger partial charge in [-0.3, -0.25) is 15.5 Å². The largest absolute Gasteiger partial charge is 0.269 e. The average molecular weight is 330 g/mol. The smallest absolute Gasteiger partial charge is 0.258 e. The van der Waals surface area contributed by atoms with Crippen molar-refractivity contribution in [3.8, 4) is 11.3 Å². The molecule has 0 bridgehead atoms. The van der Waals surface area contributed by atoms with Crippen LogP contribution in [0.2, 0.25) is 0 Å². The van der Waals surface area contributed by atoms with Gasteiger partial charge in [0.05, 0.1) is 10.6 Å². The molecule has 1 fully saturated rings. The molecule has 0 amide bonds. The summed E-state index contributed by atoms with van der Waals surface area (Å²) in [7, 11) is 0. The van der Waals surface area contributed by atoms with Gasteiger partial charge in [0.25, 0.3) is 5.69 Å². The van der Waals surface area contributed by atoms with Crippen molar-refractivity contribution < 1.29 is 4.92 Å². The maximum absolute atomic E-state index is 10.7. The number of aromatic nitrogens is 1. The van der Waals surface area contributed by atoms with Crippen molar-refractivity contribution in [2.24, 2.45) is 11.0 Å². The van der Waals surface area contributed by atoms with Gasteiger partial charge in [-0.25, -0.2) is 4.98 Å². The number of rotatable bonds is 4. The number of nitrogens with zero attached hydrogens (tertiary/aromatic N) is 3. The number of thiazole rings is 1. The van der Waals surface area contributed by atoms with Crippen LogP contribution in [0.15, 0.2) is 34.7 Å². The van der Waals surface area contributed by atoms with Gasteiger partial charge in [0.15, 0.2) is 0 Å². The topological polar surface area (TPSA) is 80.4 Å². The van der Waals surface area contributed by atoms with Crippen molar-refractivity contribution in [3.63, 3.8) is 0 Å². The number of hydrazone groups is 1.